The summed E-state index contributed by atoms with van der Waals surface area (Å²) in [4.78, 5) is 15.2. The standard InChI is InChI=1S/C27H24F3NO5/c1-34-25-9-2-15(13-31-25)10-21-19-6-8-23(20(19)5-7-22(21)27(28,29)30)36-17-3-4-18-16(11-26(32)33)14-35-24(18)12-17/h2-5,7,9,12-13,16,23H,6,8,10-11,14H2,1H3,(H,32,33)/t16-,23-/m1/s1. The van der Waals surface area contributed by atoms with Crippen molar-refractivity contribution in [3.8, 4) is 17.4 Å². The largest absolute Gasteiger partial charge is 0.492 e. The van der Waals surface area contributed by atoms with Crippen molar-refractivity contribution in [3.63, 3.8) is 0 Å². The molecule has 2 aromatic carbocycles. The van der Waals surface area contributed by atoms with E-state index >= 15 is 0 Å². The van der Waals surface area contributed by atoms with Crippen molar-refractivity contribution < 1.29 is 37.3 Å². The average molecular weight is 499 g/mol. The van der Waals surface area contributed by atoms with E-state index in [-0.39, 0.29) is 24.3 Å². The normalized spacial score (nSPS) is 18.3. The molecule has 2 aliphatic rings. The van der Waals surface area contributed by atoms with Crippen LogP contribution in [0.25, 0.3) is 0 Å². The molecule has 6 nitrogen and oxygen atoms in total. The van der Waals surface area contributed by atoms with Gasteiger partial charge >= 0.3 is 12.1 Å². The number of alkyl halides is 3. The van der Waals surface area contributed by atoms with Crippen LogP contribution in [-0.2, 0) is 23.8 Å². The topological polar surface area (TPSA) is 77.9 Å². The number of halogens is 3. The van der Waals surface area contributed by atoms with Crippen LogP contribution >= 0.6 is 0 Å². The minimum Gasteiger partial charge on any atom is -0.492 e. The van der Waals surface area contributed by atoms with E-state index in [1.165, 1.54) is 19.4 Å². The molecule has 2 heterocycles. The van der Waals surface area contributed by atoms with E-state index in [2.05, 4.69) is 4.98 Å². The van der Waals surface area contributed by atoms with Crippen LogP contribution < -0.4 is 14.2 Å². The summed E-state index contributed by atoms with van der Waals surface area (Å²) in [6.45, 7) is 0.293. The van der Waals surface area contributed by atoms with Crippen LogP contribution in [0, 0.1) is 0 Å². The third-order valence-electron chi connectivity index (χ3n) is 6.73. The van der Waals surface area contributed by atoms with E-state index in [0.29, 0.717) is 48.0 Å². The first-order valence-corrected chi connectivity index (χ1v) is 11.6. The summed E-state index contributed by atoms with van der Waals surface area (Å²) in [7, 11) is 1.48. The Morgan fingerprint density at radius 3 is 2.67 bits per heavy atom. The van der Waals surface area contributed by atoms with Crippen molar-refractivity contribution in [1.82, 2.24) is 4.98 Å². The van der Waals surface area contributed by atoms with Crippen LogP contribution in [0.1, 0.15) is 58.2 Å². The molecule has 2 atom stereocenters. The molecule has 0 radical (unpaired) electrons. The minimum atomic E-state index is -4.48. The molecule has 1 aliphatic heterocycles. The Balaban J connectivity index is 1.42. The van der Waals surface area contributed by atoms with Crippen molar-refractivity contribution >= 4 is 5.97 Å². The summed E-state index contributed by atoms with van der Waals surface area (Å²) < 4.78 is 58.6. The zero-order valence-corrected chi connectivity index (χ0v) is 19.5. The van der Waals surface area contributed by atoms with Crippen LogP contribution in [0.3, 0.4) is 0 Å². The monoisotopic (exact) mass is 499 g/mol. The van der Waals surface area contributed by atoms with E-state index in [1.807, 2.05) is 0 Å². The highest BCUT2D eigenvalue weighted by Crippen LogP contribution is 2.44. The quantitative estimate of drug-likeness (QED) is 0.448. The average Bonchev–Trinajstić information content (AvgIpc) is 3.43. The number of carboxylic acids is 1. The maximum absolute atomic E-state index is 13.9. The lowest BCUT2D eigenvalue weighted by Gasteiger charge is -2.19. The van der Waals surface area contributed by atoms with Gasteiger partial charge in [-0.05, 0) is 53.6 Å². The van der Waals surface area contributed by atoms with Gasteiger partial charge in [-0.25, -0.2) is 4.98 Å². The maximum Gasteiger partial charge on any atom is 0.416 e. The molecule has 9 heteroatoms. The zero-order valence-electron chi connectivity index (χ0n) is 19.5. The Bertz CT molecular complexity index is 1290. The summed E-state index contributed by atoms with van der Waals surface area (Å²) in [5.74, 6) is 0.406. The number of pyridine rings is 1. The van der Waals surface area contributed by atoms with Crippen molar-refractivity contribution in [2.75, 3.05) is 13.7 Å². The molecule has 0 saturated carbocycles. The van der Waals surface area contributed by atoms with Gasteiger partial charge in [0.2, 0.25) is 5.88 Å². The fraction of sp³-hybridized carbons (Fsp3) is 0.333. The van der Waals surface area contributed by atoms with Gasteiger partial charge in [-0.15, -0.1) is 0 Å². The summed E-state index contributed by atoms with van der Waals surface area (Å²) in [5.41, 5.74) is 2.47. The molecule has 1 N–H and O–H groups in total. The number of rotatable bonds is 7. The molecule has 0 fully saturated rings. The number of benzene rings is 2. The Hall–Kier alpha value is -3.75. The molecule has 188 valence electrons. The van der Waals surface area contributed by atoms with Crippen molar-refractivity contribution in [2.24, 2.45) is 0 Å². The highest BCUT2D eigenvalue weighted by atomic mass is 19.4. The van der Waals surface area contributed by atoms with E-state index in [0.717, 1.165) is 17.2 Å². The Morgan fingerprint density at radius 1 is 1.17 bits per heavy atom. The van der Waals surface area contributed by atoms with E-state index in [9.17, 15) is 18.0 Å². The highest BCUT2D eigenvalue weighted by Gasteiger charge is 2.37. The second-order valence-corrected chi connectivity index (χ2v) is 8.99. The molecule has 1 aromatic heterocycles. The first-order chi connectivity index (χ1) is 17.2. The lowest BCUT2D eigenvalue weighted by molar-refractivity contribution is -0.138. The van der Waals surface area contributed by atoms with Crippen LogP contribution in [0.2, 0.25) is 0 Å². The number of hydrogen-bond acceptors (Lipinski definition) is 5. The number of methoxy groups -OCH3 is 1. The molecular formula is C27H24F3NO5. The van der Waals surface area contributed by atoms with E-state index in [4.69, 9.17) is 19.3 Å². The maximum atomic E-state index is 13.9. The van der Waals surface area contributed by atoms with Gasteiger partial charge in [0, 0.05) is 29.8 Å². The van der Waals surface area contributed by atoms with Gasteiger partial charge < -0.3 is 19.3 Å². The van der Waals surface area contributed by atoms with Gasteiger partial charge in [0.1, 0.15) is 17.6 Å². The minimum absolute atomic E-state index is 0.0166. The fourth-order valence-electron chi connectivity index (χ4n) is 5.04. The van der Waals surface area contributed by atoms with Crippen molar-refractivity contribution in [1.29, 1.82) is 0 Å². The van der Waals surface area contributed by atoms with Gasteiger partial charge in [-0.1, -0.05) is 18.2 Å². The molecule has 0 spiro atoms. The van der Waals surface area contributed by atoms with Gasteiger partial charge in [0.05, 0.1) is 25.7 Å². The van der Waals surface area contributed by atoms with Crippen LogP contribution in [0.15, 0.2) is 48.7 Å². The highest BCUT2D eigenvalue weighted by molar-refractivity contribution is 5.68. The van der Waals surface area contributed by atoms with Gasteiger partial charge in [-0.2, -0.15) is 13.2 Å². The zero-order chi connectivity index (χ0) is 25.4. The number of ether oxygens (including phenoxy) is 3. The smallest absolute Gasteiger partial charge is 0.416 e. The Kier molecular flexibility index (Phi) is 6.24. The molecule has 0 amide bonds. The van der Waals surface area contributed by atoms with E-state index < -0.39 is 23.8 Å². The van der Waals surface area contributed by atoms with Crippen LogP contribution in [0.4, 0.5) is 13.2 Å². The van der Waals surface area contributed by atoms with Crippen LogP contribution in [-0.4, -0.2) is 29.8 Å². The molecule has 0 bridgehead atoms. The SMILES string of the molecule is COc1ccc(Cc2c(C(F)(F)F)ccc3c2CC[C@H]3Oc2ccc3c(c2)OC[C@H]3CC(=O)O)cn1. The van der Waals surface area contributed by atoms with E-state index in [1.54, 1.807) is 30.3 Å². The lowest BCUT2D eigenvalue weighted by Crippen LogP contribution is -2.13. The third-order valence-corrected chi connectivity index (χ3v) is 6.73. The molecule has 1 aliphatic carbocycles. The number of fused-ring (bicyclic) bond motifs is 2. The first-order valence-electron chi connectivity index (χ1n) is 11.6. The number of hydrogen-bond donors (Lipinski definition) is 1. The molecule has 5 rings (SSSR count). The predicted molar refractivity (Wildman–Crippen MR) is 124 cm³/mol. The number of carbonyl (C=O) groups is 1. The van der Waals surface area contributed by atoms with Crippen molar-refractivity contribution in [3.05, 3.63) is 82.0 Å². The predicted octanol–water partition coefficient (Wildman–Crippen LogP) is 5.72. The van der Waals surface area contributed by atoms with Gasteiger partial charge in [0.15, 0.2) is 0 Å². The molecule has 36 heavy (non-hydrogen) atoms. The van der Waals surface area contributed by atoms with Crippen molar-refractivity contribution in [2.45, 2.75) is 43.9 Å². The second-order valence-electron chi connectivity index (χ2n) is 8.99. The molecular weight excluding hydrogens is 475 g/mol. The number of carboxylic acid groups (broad SMARTS) is 1. The van der Waals surface area contributed by atoms with Crippen LogP contribution in [0.5, 0.6) is 17.4 Å². The third kappa shape index (κ3) is 4.69. The summed E-state index contributed by atoms with van der Waals surface area (Å²) >= 11 is 0. The summed E-state index contributed by atoms with van der Waals surface area (Å²) in [5, 5.41) is 9.09. The Labute approximate surface area is 205 Å². The Morgan fingerprint density at radius 2 is 1.97 bits per heavy atom. The molecule has 0 saturated heterocycles. The molecule has 0 unspecified atom stereocenters. The number of aliphatic carboxylic acids is 1. The summed E-state index contributed by atoms with van der Waals surface area (Å²) in [6.07, 6.45) is -2.26. The summed E-state index contributed by atoms with van der Waals surface area (Å²) in [6, 6.07) is 11.3. The first kappa shape index (κ1) is 24.0. The second kappa shape index (κ2) is 9.37. The molecule has 3 aromatic rings. The number of aromatic nitrogens is 1. The number of nitrogens with zero attached hydrogens (tertiary/aromatic N) is 1. The lowest BCUT2D eigenvalue weighted by atomic mass is 9.92. The van der Waals surface area contributed by atoms with Gasteiger partial charge in [0.25, 0.3) is 0 Å². The fourth-order valence-corrected chi connectivity index (χ4v) is 5.04. The van der Waals surface area contributed by atoms with Gasteiger partial charge in [-0.3, -0.25) is 4.79 Å².